The standard InChI is InChI=1S/C71H45N4.Ir/c1-4-18-49(19-5-1)50-32-34-52(35-33-50)67-45-70(54-22-8-3-9-23-54)73-48-68(67)66-30-16-15-29-65(66)59-43-57(42-58(44-59)64-28-14-12-26-62(64)55-38-41-69(72-46-55)53-20-6-2-7-21-53)63-27-13-11-25-61(63)51-36-39-60(40-37-51)75-71-31-17-10-24-56(71)47-74-75;/h1-20,22,24-39,41-48H;/q-3;+3. The van der Waals surface area contributed by atoms with E-state index in [0.29, 0.717) is 0 Å². The molecule has 358 valence electrons. The summed E-state index contributed by atoms with van der Waals surface area (Å²) in [6, 6.07) is 100.0. The molecule has 13 rings (SSSR count). The first kappa shape index (κ1) is 47.6. The molecule has 0 aliphatic heterocycles. The average Bonchev–Trinajstić information content (AvgIpc) is 3.97. The van der Waals surface area contributed by atoms with Gasteiger partial charge in [-0.1, -0.05) is 169 Å². The van der Waals surface area contributed by atoms with Crippen LogP contribution < -0.4 is 0 Å². The molecule has 0 unspecified atom stereocenters. The monoisotopic (exact) mass is 1150 g/mol. The number of hydrogen-bond acceptors (Lipinski definition) is 3. The second-order valence-corrected chi connectivity index (χ2v) is 18.6. The number of pyridine rings is 2. The van der Waals surface area contributed by atoms with Crippen molar-refractivity contribution in [3.8, 4) is 117 Å². The van der Waals surface area contributed by atoms with Crippen molar-refractivity contribution >= 4 is 10.9 Å². The summed E-state index contributed by atoms with van der Waals surface area (Å²) < 4.78 is 1.95. The molecule has 4 nitrogen and oxygen atoms in total. The van der Waals surface area contributed by atoms with Crippen LogP contribution in [0.25, 0.3) is 128 Å². The molecule has 0 atom stereocenters. The van der Waals surface area contributed by atoms with E-state index in [-0.39, 0.29) is 20.1 Å². The quantitative estimate of drug-likeness (QED) is 0.121. The minimum absolute atomic E-state index is 0. The predicted molar refractivity (Wildman–Crippen MR) is 308 cm³/mol. The van der Waals surface area contributed by atoms with Crippen molar-refractivity contribution in [2.45, 2.75) is 0 Å². The Kier molecular flexibility index (Phi) is 13.3. The molecular weight excluding hydrogens is 1100 g/mol. The summed E-state index contributed by atoms with van der Waals surface area (Å²) in [5.41, 5.74) is 23.1. The molecule has 0 fully saturated rings. The van der Waals surface area contributed by atoms with Gasteiger partial charge in [0.1, 0.15) is 0 Å². The van der Waals surface area contributed by atoms with E-state index >= 15 is 0 Å². The summed E-state index contributed by atoms with van der Waals surface area (Å²) >= 11 is 0. The number of rotatable bonds is 11. The first-order valence-electron chi connectivity index (χ1n) is 25.1. The zero-order chi connectivity index (χ0) is 49.9. The van der Waals surface area contributed by atoms with Crippen LogP contribution in [0.2, 0.25) is 0 Å². The van der Waals surface area contributed by atoms with Crippen molar-refractivity contribution in [1.29, 1.82) is 0 Å². The molecule has 10 aromatic carbocycles. The topological polar surface area (TPSA) is 43.6 Å². The number of para-hydroxylation sites is 1. The van der Waals surface area contributed by atoms with Crippen LogP contribution in [0.15, 0.2) is 273 Å². The van der Waals surface area contributed by atoms with Gasteiger partial charge in [0, 0.05) is 23.3 Å². The fraction of sp³-hybridized carbons (Fsp3) is 0. The van der Waals surface area contributed by atoms with E-state index in [9.17, 15) is 0 Å². The molecule has 3 aromatic heterocycles. The second-order valence-electron chi connectivity index (χ2n) is 18.6. The van der Waals surface area contributed by atoms with Gasteiger partial charge in [0.15, 0.2) is 0 Å². The molecule has 76 heavy (non-hydrogen) atoms. The van der Waals surface area contributed by atoms with Gasteiger partial charge in [0.05, 0.1) is 11.7 Å². The van der Waals surface area contributed by atoms with E-state index in [1.165, 1.54) is 11.1 Å². The first-order chi connectivity index (χ1) is 37.2. The van der Waals surface area contributed by atoms with Crippen LogP contribution in [0.1, 0.15) is 0 Å². The van der Waals surface area contributed by atoms with Crippen LogP contribution in [0.4, 0.5) is 0 Å². The van der Waals surface area contributed by atoms with Gasteiger partial charge in [-0.15, -0.1) is 83.4 Å². The summed E-state index contributed by atoms with van der Waals surface area (Å²) in [4.78, 5) is 10.1. The van der Waals surface area contributed by atoms with Gasteiger partial charge in [-0.2, -0.15) is 23.3 Å². The largest absolute Gasteiger partial charge is 3.00 e. The van der Waals surface area contributed by atoms with Crippen LogP contribution in [-0.4, -0.2) is 19.7 Å². The molecule has 5 heteroatoms. The molecule has 0 saturated heterocycles. The average molecular weight is 1150 g/mol. The molecule has 0 amide bonds. The van der Waals surface area contributed by atoms with Crippen molar-refractivity contribution in [3.63, 3.8) is 0 Å². The van der Waals surface area contributed by atoms with Gasteiger partial charge < -0.3 is 9.97 Å². The van der Waals surface area contributed by atoms with Crippen molar-refractivity contribution in [3.05, 3.63) is 292 Å². The van der Waals surface area contributed by atoms with Crippen LogP contribution in [-0.2, 0) is 20.1 Å². The third-order valence-electron chi connectivity index (χ3n) is 14.0. The number of nitrogens with zero attached hydrogens (tertiary/aromatic N) is 4. The van der Waals surface area contributed by atoms with Gasteiger partial charge in [-0.25, -0.2) is 0 Å². The van der Waals surface area contributed by atoms with E-state index in [0.717, 1.165) is 117 Å². The minimum Gasteiger partial charge on any atom is -0.304 e. The Morgan fingerprint density at radius 3 is 1.41 bits per heavy atom. The zero-order valence-corrected chi connectivity index (χ0v) is 43.5. The van der Waals surface area contributed by atoms with Gasteiger partial charge in [-0.3, -0.25) is 4.68 Å². The third-order valence-corrected chi connectivity index (χ3v) is 14.0. The first-order valence-corrected chi connectivity index (χ1v) is 25.1. The van der Waals surface area contributed by atoms with Gasteiger partial charge in [0.2, 0.25) is 0 Å². The summed E-state index contributed by atoms with van der Waals surface area (Å²) in [6.07, 6.45) is 5.93. The molecule has 0 spiro atoms. The van der Waals surface area contributed by atoms with Gasteiger partial charge >= 0.3 is 20.1 Å². The number of benzene rings is 10. The Labute approximate surface area is 456 Å². The summed E-state index contributed by atoms with van der Waals surface area (Å²) in [7, 11) is 0. The molecule has 0 aliphatic carbocycles. The van der Waals surface area contributed by atoms with Crippen LogP contribution in [0.3, 0.4) is 0 Å². The normalized spacial score (nSPS) is 11.1. The molecule has 0 saturated carbocycles. The van der Waals surface area contributed by atoms with Crippen molar-refractivity contribution in [2.75, 3.05) is 0 Å². The maximum Gasteiger partial charge on any atom is 3.00 e. The smallest absolute Gasteiger partial charge is 0.304 e. The second kappa shape index (κ2) is 21.2. The van der Waals surface area contributed by atoms with Crippen molar-refractivity contribution in [2.24, 2.45) is 0 Å². The number of aromatic nitrogens is 4. The SMILES string of the molecule is [Ir+3].[c-]1ccccc1-c1ccc(-c2ccccc2-c2cc(-c3ccccc3-c3c[c-]c(-n4ncc5ccccc54)cc3)cc(-c3ccccc3-c3cnc(-c4[c-]cccc4)cc3-c3ccc(-c4ccccc4)cc3)c2)cn1. The fourth-order valence-electron chi connectivity index (χ4n) is 10.3. The molecule has 0 aliphatic rings. The van der Waals surface area contributed by atoms with E-state index in [4.69, 9.17) is 15.1 Å². The molecular formula is C71H45IrN4. The Morgan fingerprint density at radius 2 is 0.803 bits per heavy atom. The van der Waals surface area contributed by atoms with E-state index in [2.05, 4.69) is 218 Å². The maximum atomic E-state index is 5.15. The van der Waals surface area contributed by atoms with Crippen LogP contribution in [0.5, 0.6) is 0 Å². The van der Waals surface area contributed by atoms with Crippen molar-refractivity contribution < 1.29 is 20.1 Å². The summed E-state index contributed by atoms with van der Waals surface area (Å²) in [6.45, 7) is 0. The minimum atomic E-state index is 0. The van der Waals surface area contributed by atoms with Gasteiger partial charge in [-0.05, 0) is 114 Å². The van der Waals surface area contributed by atoms with Crippen LogP contribution in [0, 0.1) is 18.2 Å². The third kappa shape index (κ3) is 9.42. The van der Waals surface area contributed by atoms with E-state index < -0.39 is 0 Å². The summed E-state index contributed by atoms with van der Waals surface area (Å²) in [5.74, 6) is 0. The Bertz CT molecular complexity index is 4130. The van der Waals surface area contributed by atoms with E-state index in [1.54, 1.807) is 0 Å². The Morgan fingerprint density at radius 1 is 0.303 bits per heavy atom. The maximum absolute atomic E-state index is 5.15. The summed E-state index contributed by atoms with van der Waals surface area (Å²) in [5, 5.41) is 5.81. The van der Waals surface area contributed by atoms with Gasteiger partial charge in [0.25, 0.3) is 0 Å². The molecule has 13 aromatic rings. The molecule has 3 heterocycles. The molecule has 0 bridgehead atoms. The zero-order valence-electron chi connectivity index (χ0n) is 41.1. The van der Waals surface area contributed by atoms with Crippen molar-refractivity contribution in [1.82, 2.24) is 19.7 Å². The van der Waals surface area contributed by atoms with Crippen LogP contribution >= 0.6 is 0 Å². The Hall–Kier alpha value is -9.38. The predicted octanol–water partition coefficient (Wildman–Crippen LogP) is 17.9. The number of fused-ring (bicyclic) bond motifs is 1. The number of hydrogen-bond donors (Lipinski definition) is 0. The molecule has 0 radical (unpaired) electrons. The van der Waals surface area contributed by atoms with E-state index in [1.807, 2.05) is 77.9 Å². The fourth-order valence-corrected chi connectivity index (χ4v) is 10.3. The molecule has 0 N–H and O–H groups in total. The Balaban J connectivity index is 0.00000582.